The average Bonchev–Trinajstić information content (AvgIpc) is 3.05. The zero-order valence-corrected chi connectivity index (χ0v) is 13.8. The summed E-state index contributed by atoms with van der Waals surface area (Å²) >= 11 is 0. The summed E-state index contributed by atoms with van der Waals surface area (Å²) in [4.78, 5) is 18.6. The molecule has 7 heteroatoms. The van der Waals surface area contributed by atoms with Gasteiger partial charge in [0.2, 0.25) is 5.91 Å². The van der Waals surface area contributed by atoms with Crippen LogP contribution in [0.3, 0.4) is 0 Å². The molecule has 7 nitrogen and oxygen atoms in total. The summed E-state index contributed by atoms with van der Waals surface area (Å²) in [5, 5.41) is 7.22. The summed E-state index contributed by atoms with van der Waals surface area (Å²) in [6.45, 7) is 3.79. The van der Waals surface area contributed by atoms with Crippen molar-refractivity contribution in [3.63, 3.8) is 0 Å². The number of aryl methyl sites for hydroxylation is 1. The summed E-state index contributed by atoms with van der Waals surface area (Å²) in [5.74, 6) is 1.14. The molecule has 1 aromatic carbocycles. The molecule has 0 aliphatic carbocycles. The van der Waals surface area contributed by atoms with Crippen LogP contribution in [0.5, 0.6) is 0 Å². The van der Waals surface area contributed by atoms with Gasteiger partial charge >= 0.3 is 0 Å². The topological polar surface area (TPSA) is 97.1 Å². The van der Waals surface area contributed by atoms with Crippen molar-refractivity contribution in [2.45, 2.75) is 31.9 Å². The monoisotopic (exact) mass is 329 g/mol. The molecule has 3 N–H and O–H groups in total. The van der Waals surface area contributed by atoms with Crippen LogP contribution in [0.1, 0.15) is 42.7 Å². The van der Waals surface area contributed by atoms with Gasteiger partial charge in [0.25, 0.3) is 0 Å². The van der Waals surface area contributed by atoms with E-state index in [1.165, 1.54) is 0 Å². The van der Waals surface area contributed by atoms with Gasteiger partial charge in [-0.1, -0.05) is 37.3 Å². The van der Waals surface area contributed by atoms with Crippen molar-refractivity contribution in [2.75, 3.05) is 19.7 Å². The molecule has 0 saturated carbocycles. The number of nitrogens with zero attached hydrogens (tertiary/aromatic N) is 3. The van der Waals surface area contributed by atoms with E-state index in [2.05, 4.69) is 22.1 Å². The van der Waals surface area contributed by atoms with Gasteiger partial charge in [0, 0.05) is 19.5 Å². The second-order valence-electron chi connectivity index (χ2n) is 5.96. The van der Waals surface area contributed by atoms with Crippen LogP contribution in [-0.4, -0.2) is 45.7 Å². The Kier molecular flexibility index (Phi) is 5.22. The van der Waals surface area contributed by atoms with E-state index in [1.54, 1.807) is 0 Å². The van der Waals surface area contributed by atoms with Crippen LogP contribution in [0.25, 0.3) is 0 Å². The minimum atomic E-state index is -0.466. The standard InChI is InChI=1S/C17H23N5O2/c1-2-6-14-19-17(21-20-14)13-11-22(9-10-24-13)15(16(18)23)12-7-4-3-5-8-12/h3-5,7-8,13,15H,2,6,9-11H2,1H3,(H2,18,23)(H,19,20,21)/t13-,15-/m0/s1. The number of morpholine rings is 1. The molecule has 0 unspecified atom stereocenters. The molecule has 0 spiro atoms. The highest BCUT2D eigenvalue weighted by Crippen LogP contribution is 2.27. The van der Waals surface area contributed by atoms with Gasteiger partial charge in [-0.15, -0.1) is 0 Å². The Hall–Kier alpha value is -2.25. The Morgan fingerprint density at radius 3 is 2.96 bits per heavy atom. The molecule has 1 saturated heterocycles. The summed E-state index contributed by atoms with van der Waals surface area (Å²) in [6, 6.07) is 9.13. The SMILES string of the molecule is CCCc1nc([C@@H]2CN([C@H](C(N)=O)c3ccccc3)CCO2)n[nH]1. The van der Waals surface area contributed by atoms with Crippen molar-refractivity contribution in [3.8, 4) is 0 Å². The van der Waals surface area contributed by atoms with Gasteiger partial charge in [-0.25, -0.2) is 4.98 Å². The third-order valence-electron chi connectivity index (χ3n) is 4.17. The number of nitrogens with two attached hydrogens (primary N) is 1. The average molecular weight is 329 g/mol. The number of aromatic amines is 1. The maximum absolute atomic E-state index is 12.0. The van der Waals surface area contributed by atoms with Crippen LogP contribution >= 0.6 is 0 Å². The van der Waals surface area contributed by atoms with E-state index in [0.717, 1.165) is 24.2 Å². The van der Waals surface area contributed by atoms with Gasteiger partial charge < -0.3 is 10.5 Å². The minimum absolute atomic E-state index is 0.258. The number of carbonyl (C=O) groups is 1. The smallest absolute Gasteiger partial charge is 0.239 e. The van der Waals surface area contributed by atoms with Gasteiger partial charge in [0.05, 0.1) is 6.61 Å². The minimum Gasteiger partial charge on any atom is -0.368 e. The van der Waals surface area contributed by atoms with E-state index in [9.17, 15) is 4.79 Å². The molecular weight excluding hydrogens is 306 g/mol. The number of aromatic nitrogens is 3. The quantitative estimate of drug-likeness (QED) is 0.834. The second-order valence-corrected chi connectivity index (χ2v) is 5.96. The van der Waals surface area contributed by atoms with Gasteiger partial charge in [-0.05, 0) is 12.0 Å². The highest BCUT2D eigenvalue weighted by atomic mass is 16.5. The molecule has 128 valence electrons. The number of rotatable bonds is 6. The van der Waals surface area contributed by atoms with Crippen molar-refractivity contribution in [1.82, 2.24) is 20.1 Å². The van der Waals surface area contributed by atoms with Gasteiger partial charge in [-0.2, -0.15) is 5.10 Å². The number of benzene rings is 1. The van der Waals surface area contributed by atoms with Gasteiger partial charge in [-0.3, -0.25) is 14.8 Å². The molecular formula is C17H23N5O2. The number of carbonyl (C=O) groups excluding carboxylic acids is 1. The van der Waals surface area contributed by atoms with E-state index >= 15 is 0 Å². The lowest BCUT2D eigenvalue weighted by atomic mass is 10.0. The number of hydrogen-bond donors (Lipinski definition) is 2. The Labute approximate surface area is 141 Å². The first kappa shape index (κ1) is 16.6. The first-order valence-electron chi connectivity index (χ1n) is 8.30. The van der Waals surface area contributed by atoms with E-state index in [-0.39, 0.29) is 12.0 Å². The molecule has 3 rings (SSSR count). The zero-order chi connectivity index (χ0) is 16.9. The Balaban J connectivity index is 1.77. The fourth-order valence-electron chi connectivity index (χ4n) is 3.05. The second kappa shape index (κ2) is 7.55. The largest absolute Gasteiger partial charge is 0.368 e. The summed E-state index contributed by atoms with van der Waals surface area (Å²) in [7, 11) is 0. The maximum Gasteiger partial charge on any atom is 0.239 e. The van der Waals surface area contributed by atoms with E-state index < -0.39 is 6.04 Å². The first-order chi connectivity index (χ1) is 11.7. The Morgan fingerprint density at radius 1 is 1.46 bits per heavy atom. The van der Waals surface area contributed by atoms with Crippen molar-refractivity contribution in [2.24, 2.45) is 5.73 Å². The maximum atomic E-state index is 12.0. The predicted octanol–water partition coefficient (Wildman–Crippen LogP) is 1.36. The summed E-state index contributed by atoms with van der Waals surface area (Å²) < 4.78 is 5.81. The fraction of sp³-hybridized carbons (Fsp3) is 0.471. The van der Waals surface area contributed by atoms with Gasteiger partial charge in [0.15, 0.2) is 5.82 Å². The number of H-pyrrole nitrogens is 1. The van der Waals surface area contributed by atoms with Gasteiger partial charge in [0.1, 0.15) is 18.0 Å². The molecule has 2 heterocycles. The number of nitrogens with one attached hydrogen (secondary N) is 1. The number of primary amides is 1. The highest BCUT2D eigenvalue weighted by Gasteiger charge is 2.33. The molecule has 1 aromatic heterocycles. The molecule has 1 aliphatic rings. The van der Waals surface area contributed by atoms with Crippen molar-refractivity contribution >= 4 is 5.91 Å². The van der Waals surface area contributed by atoms with Crippen LogP contribution in [-0.2, 0) is 16.0 Å². The predicted molar refractivity (Wildman–Crippen MR) is 89.0 cm³/mol. The molecule has 1 amide bonds. The van der Waals surface area contributed by atoms with Crippen molar-refractivity contribution < 1.29 is 9.53 Å². The molecule has 1 aliphatic heterocycles. The highest BCUT2D eigenvalue weighted by molar-refractivity contribution is 5.81. The molecule has 1 fully saturated rings. The lowest BCUT2D eigenvalue weighted by Crippen LogP contribution is -2.45. The van der Waals surface area contributed by atoms with E-state index in [1.807, 2.05) is 35.2 Å². The van der Waals surface area contributed by atoms with Crippen LogP contribution in [0.2, 0.25) is 0 Å². The molecule has 24 heavy (non-hydrogen) atoms. The van der Waals surface area contributed by atoms with E-state index in [4.69, 9.17) is 10.5 Å². The molecule has 0 bridgehead atoms. The fourth-order valence-corrected chi connectivity index (χ4v) is 3.05. The third kappa shape index (κ3) is 3.63. The normalized spacial score (nSPS) is 20.0. The van der Waals surface area contributed by atoms with Crippen LogP contribution in [0.15, 0.2) is 30.3 Å². The number of hydrogen-bond acceptors (Lipinski definition) is 5. The summed E-state index contributed by atoms with van der Waals surface area (Å²) in [6.07, 6.45) is 1.60. The van der Waals surface area contributed by atoms with E-state index in [0.29, 0.717) is 25.5 Å². The molecule has 2 aromatic rings. The van der Waals surface area contributed by atoms with Crippen molar-refractivity contribution in [1.29, 1.82) is 0 Å². The van der Waals surface area contributed by atoms with Crippen LogP contribution in [0.4, 0.5) is 0 Å². The van der Waals surface area contributed by atoms with Crippen molar-refractivity contribution in [3.05, 3.63) is 47.5 Å². The molecule has 2 atom stereocenters. The number of amides is 1. The Morgan fingerprint density at radius 2 is 2.25 bits per heavy atom. The summed E-state index contributed by atoms with van der Waals surface area (Å²) in [5.41, 5.74) is 6.56. The first-order valence-corrected chi connectivity index (χ1v) is 8.30. The number of ether oxygens (including phenoxy) is 1. The van der Waals surface area contributed by atoms with Crippen LogP contribution < -0.4 is 5.73 Å². The molecule has 0 radical (unpaired) electrons. The Bertz CT molecular complexity index is 673. The van der Waals surface area contributed by atoms with Crippen LogP contribution in [0, 0.1) is 0 Å². The lowest BCUT2D eigenvalue weighted by Gasteiger charge is -2.36. The third-order valence-corrected chi connectivity index (χ3v) is 4.17. The zero-order valence-electron chi connectivity index (χ0n) is 13.8. The lowest BCUT2D eigenvalue weighted by molar-refractivity contribution is -0.127.